The number of fused-ring (bicyclic) bond motifs is 1. The van der Waals surface area contributed by atoms with E-state index in [9.17, 15) is 19.5 Å². The summed E-state index contributed by atoms with van der Waals surface area (Å²) in [5.74, 6) is -1.48. The first-order chi connectivity index (χ1) is 14.4. The third kappa shape index (κ3) is 3.35. The third-order valence-corrected chi connectivity index (χ3v) is 9.67. The molecule has 3 heterocycles. The Labute approximate surface area is 188 Å². The normalized spacial score (nSPS) is 34.2. The van der Waals surface area contributed by atoms with E-state index in [0.29, 0.717) is 25.9 Å². The summed E-state index contributed by atoms with van der Waals surface area (Å²) in [5.41, 5.74) is 0.983. The van der Waals surface area contributed by atoms with Gasteiger partial charge in [0.1, 0.15) is 6.04 Å². The number of aliphatic hydroxyl groups is 1. The van der Waals surface area contributed by atoms with Crippen LogP contribution in [0.4, 0.5) is 0 Å². The number of thioether (sulfide) groups is 1. The predicted molar refractivity (Wildman–Crippen MR) is 118 cm³/mol. The molecule has 2 bridgehead atoms. The van der Waals surface area contributed by atoms with Gasteiger partial charge in [0.05, 0.1) is 16.6 Å². The van der Waals surface area contributed by atoms with E-state index in [0.717, 1.165) is 5.56 Å². The number of likely N-dealkylation sites (tertiary alicyclic amines) is 1. The van der Waals surface area contributed by atoms with Crippen molar-refractivity contribution in [3.8, 4) is 0 Å². The number of nitrogens with zero attached hydrogens (tertiary/aromatic N) is 1. The van der Waals surface area contributed by atoms with E-state index in [1.807, 2.05) is 30.3 Å². The largest absolute Gasteiger partial charge is 0.396 e. The van der Waals surface area contributed by atoms with Crippen LogP contribution in [0.1, 0.15) is 18.4 Å². The SMILES string of the molecule is CNC(=O)[C@H]1[C@@H]2SC3(CC2Br)C(C(=O)NCc2ccccc2)N(CCCO)C(=O)[C@H]13. The van der Waals surface area contributed by atoms with Crippen LogP contribution in [-0.2, 0) is 20.9 Å². The van der Waals surface area contributed by atoms with Gasteiger partial charge in [0.2, 0.25) is 17.7 Å². The van der Waals surface area contributed by atoms with Crippen molar-refractivity contribution < 1.29 is 19.5 Å². The third-order valence-electron chi connectivity index (χ3n) is 6.45. The smallest absolute Gasteiger partial charge is 0.244 e. The zero-order valence-electron chi connectivity index (χ0n) is 16.7. The van der Waals surface area contributed by atoms with E-state index in [2.05, 4.69) is 26.6 Å². The van der Waals surface area contributed by atoms with Crippen molar-refractivity contribution in [2.75, 3.05) is 20.2 Å². The number of carbonyl (C=O) groups excluding carboxylic acids is 3. The summed E-state index contributed by atoms with van der Waals surface area (Å²) in [6, 6.07) is 8.98. The van der Waals surface area contributed by atoms with Gasteiger partial charge in [-0.15, -0.1) is 11.8 Å². The van der Waals surface area contributed by atoms with Gasteiger partial charge in [-0.05, 0) is 18.4 Å². The number of nitrogens with one attached hydrogen (secondary N) is 2. The Morgan fingerprint density at radius 3 is 2.70 bits per heavy atom. The Morgan fingerprint density at radius 2 is 2.03 bits per heavy atom. The maximum atomic E-state index is 13.5. The molecule has 0 aromatic heterocycles. The van der Waals surface area contributed by atoms with Crippen molar-refractivity contribution in [3.63, 3.8) is 0 Å². The highest BCUT2D eigenvalue weighted by molar-refractivity contribution is 9.09. The van der Waals surface area contributed by atoms with E-state index in [1.165, 1.54) is 0 Å². The molecule has 0 saturated carbocycles. The minimum atomic E-state index is -0.657. The fourth-order valence-electron chi connectivity index (χ4n) is 5.26. The summed E-state index contributed by atoms with van der Waals surface area (Å²) < 4.78 is -0.636. The Bertz CT molecular complexity index is 841. The van der Waals surface area contributed by atoms with Gasteiger partial charge < -0.3 is 20.6 Å². The lowest BCUT2D eigenvalue weighted by molar-refractivity contribution is -0.140. The zero-order valence-corrected chi connectivity index (χ0v) is 19.1. The maximum absolute atomic E-state index is 13.5. The molecule has 30 heavy (non-hydrogen) atoms. The van der Waals surface area contributed by atoms with Crippen LogP contribution in [0.25, 0.3) is 0 Å². The van der Waals surface area contributed by atoms with Crippen molar-refractivity contribution in [2.24, 2.45) is 11.8 Å². The molecule has 1 aromatic rings. The molecule has 4 rings (SSSR count). The molecule has 0 aliphatic carbocycles. The first kappa shape index (κ1) is 21.6. The highest BCUT2D eigenvalue weighted by Gasteiger charge is 2.75. The van der Waals surface area contributed by atoms with Gasteiger partial charge in [0.15, 0.2) is 0 Å². The number of benzene rings is 1. The molecular formula is C21H26BrN3O4S. The minimum Gasteiger partial charge on any atom is -0.396 e. The van der Waals surface area contributed by atoms with E-state index < -0.39 is 22.6 Å². The van der Waals surface area contributed by atoms with Gasteiger partial charge in [-0.3, -0.25) is 14.4 Å². The molecule has 1 aromatic carbocycles. The van der Waals surface area contributed by atoms with E-state index >= 15 is 0 Å². The molecule has 162 valence electrons. The van der Waals surface area contributed by atoms with Crippen LogP contribution < -0.4 is 10.6 Å². The molecule has 3 N–H and O–H groups in total. The van der Waals surface area contributed by atoms with Gasteiger partial charge in [-0.25, -0.2) is 0 Å². The molecule has 3 saturated heterocycles. The number of carbonyl (C=O) groups is 3. The predicted octanol–water partition coefficient (Wildman–Crippen LogP) is 0.896. The number of alkyl halides is 1. The summed E-state index contributed by atoms with van der Waals surface area (Å²) in [6.45, 7) is 0.620. The van der Waals surface area contributed by atoms with Crippen LogP contribution in [0.5, 0.6) is 0 Å². The van der Waals surface area contributed by atoms with Crippen LogP contribution in [-0.4, -0.2) is 68.8 Å². The van der Waals surface area contributed by atoms with Crippen LogP contribution in [0.3, 0.4) is 0 Å². The van der Waals surface area contributed by atoms with E-state index in [-0.39, 0.29) is 34.4 Å². The second-order valence-electron chi connectivity index (χ2n) is 8.09. The van der Waals surface area contributed by atoms with Crippen molar-refractivity contribution >= 4 is 45.4 Å². The maximum Gasteiger partial charge on any atom is 0.244 e. The van der Waals surface area contributed by atoms with E-state index in [4.69, 9.17) is 0 Å². The quantitative estimate of drug-likeness (QED) is 0.488. The summed E-state index contributed by atoms with van der Waals surface area (Å²) in [5, 5.41) is 15.0. The molecule has 3 aliphatic rings. The molecule has 9 heteroatoms. The summed E-state index contributed by atoms with van der Waals surface area (Å²) in [6.07, 6.45) is 1.05. The Morgan fingerprint density at radius 1 is 1.30 bits per heavy atom. The standard InChI is InChI=1S/C21H26BrN3O4S/c1-23-18(27)14-15-20(29)25(8-5-9-26)17(21(15)10-13(22)16(14)30-21)19(28)24-11-12-6-3-2-4-7-12/h2-4,6-7,13-17,26H,5,8-11H2,1H3,(H,23,27)(H,24,28)/t13?,14-,15+,16-,17?,21?/m1/s1. The Balaban J connectivity index is 1.65. The molecule has 0 radical (unpaired) electrons. The number of aliphatic hydroxyl groups excluding tert-OH is 1. The lowest BCUT2D eigenvalue weighted by Gasteiger charge is -2.35. The first-order valence-corrected chi connectivity index (χ1v) is 12.0. The van der Waals surface area contributed by atoms with Gasteiger partial charge in [-0.1, -0.05) is 46.3 Å². The number of rotatable bonds is 7. The van der Waals surface area contributed by atoms with Gasteiger partial charge in [-0.2, -0.15) is 0 Å². The number of amides is 3. The van der Waals surface area contributed by atoms with Crippen molar-refractivity contribution in [2.45, 2.75) is 40.3 Å². The highest BCUT2D eigenvalue weighted by atomic mass is 79.9. The van der Waals surface area contributed by atoms with Crippen LogP contribution in [0.2, 0.25) is 0 Å². The highest BCUT2D eigenvalue weighted by Crippen LogP contribution is 2.67. The number of hydrogen-bond acceptors (Lipinski definition) is 5. The van der Waals surface area contributed by atoms with Crippen LogP contribution >= 0.6 is 27.7 Å². The first-order valence-electron chi connectivity index (χ1n) is 10.2. The molecular weight excluding hydrogens is 470 g/mol. The monoisotopic (exact) mass is 495 g/mol. The van der Waals surface area contributed by atoms with Crippen LogP contribution in [0, 0.1) is 11.8 Å². The lowest BCUT2D eigenvalue weighted by Crippen LogP contribution is -2.54. The van der Waals surface area contributed by atoms with Crippen molar-refractivity contribution in [3.05, 3.63) is 35.9 Å². The molecule has 3 unspecified atom stereocenters. The Kier molecular flexibility index (Phi) is 6.14. The average molecular weight is 496 g/mol. The van der Waals surface area contributed by atoms with Gasteiger partial charge in [0, 0.05) is 36.8 Å². The topological polar surface area (TPSA) is 98.7 Å². The Hall–Kier alpha value is -1.58. The minimum absolute atomic E-state index is 0.0386. The van der Waals surface area contributed by atoms with Crippen LogP contribution in [0.15, 0.2) is 30.3 Å². The molecule has 3 fully saturated rings. The lowest BCUT2D eigenvalue weighted by atomic mass is 9.70. The molecule has 7 nitrogen and oxygen atoms in total. The molecule has 3 amide bonds. The summed E-state index contributed by atoms with van der Waals surface area (Å²) in [4.78, 5) is 41.2. The molecule has 3 aliphatic heterocycles. The second-order valence-corrected chi connectivity index (χ2v) is 10.8. The van der Waals surface area contributed by atoms with E-state index in [1.54, 1.807) is 23.7 Å². The summed E-state index contributed by atoms with van der Waals surface area (Å²) in [7, 11) is 1.59. The number of hydrogen-bond donors (Lipinski definition) is 3. The van der Waals surface area contributed by atoms with Crippen molar-refractivity contribution in [1.29, 1.82) is 0 Å². The summed E-state index contributed by atoms with van der Waals surface area (Å²) >= 11 is 5.32. The fourth-order valence-corrected chi connectivity index (χ4v) is 8.87. The van der Waals surface area contributed by atoms with Crippen molar-refractivity contribution in [1.82, 2.24) is 15.5 Å². The average Bonchev–Trinajstić information content (AvgIpc) is 3.34. The molecule has 1 spiro atoms. The van der Waals surface area contributed by atoms with Gasteiger partial charge >= 0.3 is 0 Å². The number of halogens is 1. The molecule has 6 atom stereocenters. The van der Waals surface area contributed by atoms with Gasteiger partial charge in [0.25, 0.3) is 0 Å². The fraction of sp³-hybridized carbons (Fsp3) is 0.571. The second kappa shape index (κ2) is 8.51. The zero-order chi connectivity index (χ0) is 21.5.